The van der Waals surface area contributed by atoms with Crippen molar-refractivity contribution in [3.63, 3.8) is 0 Å². The number of nitrogens with one attached hydrogen (secondary N) is 2. The Hall–Kier alpha value is -2.60. The highest BCUT2D eigenvalue weighted by atomic mass is 79.9. The molecule has 1 aromatic carbocycles. The van der Waals surface area contributed by atoms with Crippen molar-refractivity contribution >= 4 is 62.1 Å². The molecule has 0 fully saturated rings. The Kier molecular flexibility index (Phi) is 7.93. The number of carbonyl (C=O) groups excluding carboxylic acids is 3. The topological polar surface area (TPSA) is 101 Å². The van der Waals surface area contributed by atoms with E-state index in [1.54, 1.807) is 45.0 Å². The van der Waals surface area contributed by atoms with Crippen LogP contribution in [0.3, 0.4) is 0 Å². The number of halogens is 1. The van der Waals surface area contributed by atoms with E-state index in [2.05, 4.69) is 36.4 Å². The molecule has 0 saturated heterocycles. The average Bonchev–Trinajstić information content (AvgIpc) is 3.42. The maximum Gasteiger partial charge on any atom is 0.338 e. The van der Waals surface area contributed by atoms with Crippen molar-refractivity contribution in [1.29, 1.82) is 0 Å². The van der Waals surface area contributed by atoms with Crippen molar-refractivity contribution in [2.75, 3.05) is 18.9 Å². The predicted molar refractivity (Wildman–Crippen MR) is 145 cm³/mol. The number of hydrogen-bond acceptors (Lipinski definition) is 8. The molecule has 36 heavy (non-hydrogen) atoms. The van der Waals surface area contributed by atoms with Gasteiger partial charge in [-0.3, -0.25) is 9.59 Å². The Morgan fingerprint density at radius 2 is 1.92 bits per heavy atom. The van der Waals surface area contributed by atoms with E-state index in [9.17, 15) is 14.4 Å². The van der Waals surface area contributed by atoms with Crippen LogP contribution in [0.2, 0.25) is 0 Å². The lowest BCUT2D eigenvalue weighted by atomic mass is 10.1. The summed E-state index contributed by atoms with van der Waals surface area (Å²) in [6.07, 6.45) is 0.805. The Bertz CT molecular complexity index is 1310. The number of thiazole rings is 1. The zero-order valence-corrected chi connectivity index (χ0v) is 23.7. The first-order chi connectivity index (χ1) is 17.0. The fourth-order valence-corrected chi connectivity index (χ4v) is 5.99. The lowest BCUT2D eigenvalue weighted by Crippen LogP contribution is -2.25. The van der Waals surface area contributed by atoms with Crippen LogP contribution in [-0.2, 0) is 24.2 Å². The van der Waals surface area contributed by atoms with Crippen molar-refractivity contribution < 1.29 is 19.1 Å². The summed E-state index contributed by atoms with van der Waals surface area (Å²) in [4.78, 5) is 46.8. The van der Waals surface area contributed by atoms with Gasteiger partial charge in [0.25, 0.3) is 11.8 Å². The van der Waals surface area contributed by atoms with Crippen molar-refractivity contribution in [3.05, 3.63) is 65.7 Å². The standard InChI is InChI=1S/C25H27BrN4O4S2/c1-25(2,3)34-24(33)14-5-6-15(12-27-21(31)18-7-8-20(26)35-18)17(11-14)28-22(32)23-29-16-9-10-30(4)13-19(16)36-23/h5-8,11H,9-10,12-13H2,1-4H3,(H,27,31)(H,28,32). The molecule has 0 atom stereocenters. The van der Waals surface area contributed by atoms with Crippen molar-refractivity contribution in [2.45, 2.75) is 45.9 Å². The molecule has 1 aliphatic heterocycles. The predicted octanol–water partition coefficient (Wildman–Crippen LogP) is 5.09. The quantitative estimate of drug-likeness (QED) is 0.388. The summed E-state index contributed by atoms with van der Waals surface area (Å²) >= 11 is 6.07. The highest BCUT2D eigenvalue weighted by Crippen LogP contribution is 2.27. The third-order valence-corrected chi connectivity index (χ3v) is 8.05. The fraction of sp³-hybridized carbons (Fsp3) is 0.360. The lowest BCUT2D eigenvalue weighted by Gasteiger charge is -2.20. The molecule has 0 spiro atoms. The molecular weight excluding hydrogens is 564 g/mol. The van der Waals surface area contributed by atoms with E-state index in [0.29, 0.717) is 26.7 Å². The van der Waals surface area contributed by atoms with E-state index in [1.807, 2.05) is 13.1 Å². The fourth-order valence-electron chi connectivity index (χ4n) is 3.61. The van der Waals surface area contributed by atoms with Crippen LogP contribution >= 0.6 is 38.6 Å². The summed E-state index contributed by atoms with van der Waals surface area (Å²) in [5.41, 5.74) is 1.68. The van der Waals surface area contributed by atoms with Gasteiger partial charge in [0, 0.05) is 36.6 Å². The van der Waals surface area contributed by atoms with Gasteiger partial charge in [0.2, 0.25) is 0 Å². The SMILES string of the molecule is CN1CCc2nc(C(=O)Nc3cc(C(=O)OC(C)(C)C)ccc3CNC(=O)c3ccc(Br)s3)sc2C1. The van der Waals surface area contributed by atoms with E-state index in [4.69, 9.17) is 4.74 Å². The highest BCUT2D eigenvalue weighted by molar-refractivity contribution is 9.11. The molecule has 2 aromatic heterocycles. The average molecular weight is 592 g/mol. The molecule has 1 aliphatic rings. The number of nitrogens with zero attached hydrogens (tertiary/aromatic N) is 2. The summed E-state index contributed by atoms with van der Waals surface area (Å²) in [6, 6.07) is 8.47. The second-order valence-corrected chi connectivity index (χ2v) is 13.0. The van der Waals surface area contributed by atoms with Crippen LogP contribution < -0.4 is 10.6 Å². The zero-order chi connectivity index (χ0) is 26.0. The number of rotatable bonds is 6. The number of aromatic nitrogens is 1. The number of amides is 2. The molecule has 2 amide bonds. The minimum atomic E-state index is -0.657. The van der Waals surface area contributed by atoms with Crippen LogP contribution in [0, 0.1) is 0 Å². The number of carbonyl (C=O) groups is 3. The molecule has 0 saturated carbocycles. The molecule has 0 radical (unpaired) electrons. The van der Waals surface area contributed by atoms with E-state index < -0.39 is 11.6 Å². The molecule has 4 rings (SSSR count). The first kappa shape index (κ1) is 26.5. The van der Waals surface area contributed by atoms with Crippen LogP contribution in [0.15, 0.2) is 34.1 Å². The van der Waals surface area contributed by atoms with E-state index in [1.165, 1.54) is 22.7 Å². The summed E-state index contributed by atoms with van der Waals surface area (Å²) in [6.45, 7) is 7.22. The maximum atomic E-state index is 13.2. The van der Waals surface area contributed by atoms with E-state index in [0.717, 1.165) is 33.9 Å². The Labute approximate surface area is 226 Å². The smallest absolute Gasteiger partial charge is 0.338 e. The number of esters is 1. The third-order valence-electron chi connectivity index (χ3n) is 5.35. The minimum Gasteiger partial charge on any atom is -0.456 e. The number of hydrogen-bond donors (Lipinski definition) is 2. The van der Waals surface area contributed by atoms with Crippen LogP contribution in [0.25, 0.3) is 0 Å². The maximum absolute atomic E-state index is 13.2. The van der Waals surface area contributed by atoms with Gasteiger partial charge in [-0.25, -0.2) is 9.78 Å². The molecule has 3 heterocycles. The van der Waals surface area contributed by atoms with Gasteiger partial charge in [-0.2, -0.15) is 0 Å². The molecule has 0 unspecified atom stereocenters. The van der Waals surface area contributed by atoms with Gasteiger partial charge >= 0.3 is 5.97 Å². The second-order valence-electron chi connectivity index (χ2n) is 9.49. The van der Waals surface area contributed by atoms with Crippen LogP contribution in [0.5, 0.6) is 0 Å². The number of fused-ring (bicyclic) bond motifs is 1. The number of thiophene rings is 1. The summed E-state index contributed by atoms with van der Waals surface area (Å²) in [7, 11) is 2.04. The van der Waals surface area contributed by atoms with Crippen molar-refractivity contribution in [2.24, 2.45) is 0 Å². The van der Waals surface area contributed by atoms with E-state index >= 15 is 0 Å². The Balaban J connectivity index is 1.57. The Morgan fingerprint density at radius 3 is 2.61 bits per heavy atom. The zero-order valence-electron chi connectivity index (χ0n) is 20.4. The van der Waals surface area contributed by atoms with Crippen molar-refractivity contribution in [3.8, 4) is 0 Å². The second kappa shape index (κ2) is 10.8. The Morgan fingerprint density at radius 1 is 1.14 bits per heavy atom. The summed E-state index contributed by atoms with van der Waals surface area (Å²) in [5.74, 6) is -1.08. The van der Waals surface area contributed by atoms with Gasteiger partial charge in [-0.05, 0) is 73.6 Å². The van der Waals surface area contributed by atoms with Gasteiger partial charge in [0.05, 0.1) is 19.9 Å². The van der Waals surface area contributed by atoms with Gasteiger partial charge in [-0.15, -0.1) is 22.7 Å². The summed E-state index contributed by atoms with van der Waals surface area (Å²) in [5, 5.41) is 6.15. The molecule has 0 aliphatic carbocycles. The molecule has 0 bridgehead atoms. The van der Waals surface area contributed by atoms with Gasteiger partial charge in [0.15, 0.2) is 5.01 Å². The van der Waals surface area contributed by atoms with E-state index in [-0.39, 0.29) is 18.4 Å². The molecule has 8 nitrogen and oxygen atoms in total. The monoisotopic (exact) mass is 590 g/mol. The van der Waals surface area contributed by atoms with Crippen LogP contribution in [0.1, 0.15) is 66.7 Å². The normalized spacial score (nSPS) is 13.7. The van der Waals surface area contributed by atoms with Gasteiger partial charge in [-0.1, -0.05) is 6.07 Å². The number of anilines is 1. The number of likely N-dealkylation sites (N-methyl/N-ethyl adjacent to an activating group) is 1. The first-order valence-electron chi connectivity index (χ1n) is 11.4. The number of benzene rings is 1. The largest absolute Gasteiger partial charge is 0.456 e. The first-order valence-corrected chi connectivity index (χ1v) is 13.8. The minimum absolute atomic E-state index is 0.164. The molecule has 3 aromatic rings. The highest BCUT2D eigenvalue weighted by Gasteiger charge is 2.23. The summed E-state index contributed by atoms with van der Waals surface area (Å²) < 4.78 is 6.35. The molecule has 190 valence electrons. The number of ether oxygens (including phenoxy) is 1. The molecule has 2 N–H and O–H groups in total. The van der Waals surface area contributed by atoms with Crippen LogP contribution in [0.4, 0.5) is 5.69 Å². The molecule has 11 heteroatoms. The van der Waals surface area contributed by atoms with Crippen LogP contribution in [-0.4, -0.2) is 46.9 Å². The van der Waals surface area contributed by atoms with Gasteiger partial charge in [0.1, 0.15) is 5.60 Å². The lowest BCUT2D eigenvalue weighted by molar-refractivity contribution is 0.00692. The third kappa shape index (κ3) is 6.58. The van der Waals surface area contributed by atoms with Crippen molar-refractivity contribution in [1.82, 2.24) is 15.2 Å². The van der Waals surface area contributed by atoms with Gasteiger partial charge < -0.3 is 20.3 Å². The molecular formula is C25H27BrN4O4S2.